The average Bonchev–Trinajstić information content (AvgIpc) is 2.78. The second kappa shape index (κ2) is 5.23. The molecule has 3 aromatic rings. The summed E-state index contributed by atoms with van der Waals surface area (Å²) in [5, 5.41) is 4.00. The van der Waals surface area contributed by atoms with Gasteiger partial charge in [0, 0.05) is 16.0 Å². The molecule has 1 heterocycles. The lowest BCUT2D eigenvalue weighted by atomic mass is 10.2. The number of nitrogens with zero attached hydrogens (tertiary/aromatic N) is 1. The Kier molecular flexibility index (Phi) is 3.44. The van der Waals surface area contributed by atoms with Gasteiger partial charge in [0.05, 0.1) is 11.0 Å². The van der Waals surface area contributed by atoms with Crippen molar-refractivity contribution in [3.63, 3.8) is 0 Å². The van der Waals surface area contributed by atoms with Crippen LogP contribution in [0.2, 0.25) is 5.02 Å². The summed E-state index contributed by atoms with van der Waals surface area (Å²) >= 11 is 9.39. The number of nitrogens with one attached hydrogen (secondary N) is 2. The van der Waals surface area contributed by atoms with E-state index in [0.29, 0.717) is 6.54 Å². The lowest BCUT2D eigenvalue weighted by molar-refractivity contribution is 1.10. The van der Waals surface area contributed by atoms with Crippen molar-refractivity contribution in [1.82, 2.24) is 9.97 Å². The highest BCUT2D eigenvalue weighted by atomic mass is 79.9. The summed E-state index contributed by atoms with van der Waals surface area (Å²) in [7, 11) is 0. The fourth-order valence-corrected chi connectivity index (χ4v) is 2.47. The first kappa shape index (κ1) is 12.5. The highest BCUT2D eigenvalue weighted by Gasteiger charge is 2.03. The average molecular weight is 337 g/mol. The van der Waals surface area contributed by atoms with Crippen molar-refractivity contribution in [1.29, 1.82) is 0 Å². The van der Waals surface area contributed by atoms with Crippen molar-refractivity contribution in [2.45, 2.75) is 6.54 Å². The molecule has 2 N–H and O–H groups in total. The van der Waals surface area contributed by atoms with Crippen LogP contribution >= 0.6 is 27.5 Å². The molecule has 0 saturated carbocycles. The van der Waals surface area contributed by atoms with E-state index in [9.17, 15) is 0 Å². The van der Waals surface area contributed by atoms with Gasteiger partial charge in [0.1, 0.15) is 0 Å². The molecule has 0 bridgehead atoms. The third kappa shape index (κ3) is 2.91. The molecular formula is C14H11BrClN3. The van der Waals surface area contributed by atoms with E-state index >= 15 is 0 Å². The number of anilines is 1. The van der Waals surface area contributed by atoms with Gasteiger partial charge in [0.2, 0.25) is 5.95 Å². The van der Waals surface area contributed by atoms with Gasteiger partial charge in [0.25, 0.3) is 0 Å². The number of fused-ring (bicyclic) bond motifs is 1. The first-order chi connectivity index (χ1) is 9.20. The zero-order valence-corrected chi connectivity index (χ0v) is 12.3. The number of hydrogen-bond donors (Lipinski definition) is 2. The van der Waals surface area contributed by atoms with Crippen molar-refractivity contribution in [2.24, 2.45) is 0 Å². The Balaban J connectivity index is 1.78. The number of rotatable bonds is 3. The summed E-state index contributed by atoms with van der Waals surface area (Å²) in [6.07, 6.45) is 0. The second-order valence-electron chi connectivity index (χ2n) is 4.23. The van der Waals surface area contributed by atoms with Gasteiger partial charge in [-0.1, -0.05) is 39.7 Å². The zero-order valence-electron chi connectivity index (χ0n) is 9.95. The number of halogens is 2. The van der Waals surface area contributed by atoms with Crippen LogP contribution in [0.1, 0.15) is 5.56 Å². The van der Waals surface area contributed by atoms with Crippen molar-refractivity contribution in [3.05, 3.63) is 57.5 Å². The van der Waals surface area contributed by atoms with Gasteiger partial charge in [-0.05, 0) is 35.9 Å². The molecule has 3 nitrogen and oxygen atoms in total. The zero-order chi connectivity index (χ0) is 13.2. The van der Waals surface area contributed by atoms with Crippen LogP contribution in [0.5, 0.6) is 0 Å². The maximum Gasteiger partial charge on any atom is 0.201 e. The van der Waals surface area contributed by atoms with E-state index in [-0.39, 0.29) is 0 Å². The quantitative estimate of drug-likeness (QED) is 0.734. The molecule has 1 aromatic heterocycles. The van der Waals surface area contributed by atoms with E-state index in [0.717, 1.165) is 32.0 Å². The maximum absolute atomic E-state index is 5.95. The minimum atomic E-state index is 0.682. The molecular weight excluding hydrogens is 326 g/mol. The van der Waals surface area contributed by atoms with E-state index in [1.807, 2.05) is 42.5 Å². The van der Waals surface area contributed by atoms with Gasteiger partial charge in [-0.25, -0.2) is 4.98 Å². The van der Waals surface area contributed by atoms with Gasteiger partial charge in [0.15, 0.2) is 0 Å². The summed E-state index contributed by atoms with van der Waals surface area (Å²) in [6, 6.07) is 13.7. The molecule has 0 fully saturated rings. The molecule has 0 atom stereocenters. The summed E-state index contributed by atoms with van der Waals surface area (Å²) in [5.41, 5.74) is 3.06. The molecule has 5 heteroatoms. The Morgan fingerprint density at radius 2 is 2.11 bits per heavy atom. The van der Waals surface area contributed by atoms with Gasteiger partial charge < -0.3 is 10.3 Å². The largest absolute Gasteiger partial charge is 0.352 e. The van der Waals surface area contributed by atoms with E-state index in [2.05, 4.69) is 31.2 Å². The first-order valence-corrected chi connectivity index (χ1v) is 7.01. The van der Waals surface area contributed by atoms with Gasteiger partial charge in [-0.3, -0.25) is 0 Å². The van der Waals surface area contributed by atoms with Crippen LogP contribution in [-0.2, 0) is 6.54 Å². The summed E-state index contributed by atoms with van der Waals surface area (Å²) in [6.45, 7) is 0.682. The molecule has 0 spiro atoms. The summed E-state index contributed by atoms with van der Waals surface area (Å²) in [5.74, 6) is 0.757. The van der Waals surface area contributed by atoms with E-state index in [4.69, 9.17) is 11.6 Å². The number of imidazole rings is 1. The lowest BCUT2D eigenvalue weighted by Gasteiger charge is -2.03. The molecule has 19 heavy (non-hydrogen) atoms. The second-order valence-corrected chi connectivity index (χ2v) is 5.58. The molecule has 3 rings (SSSR count). The number of hydrogen-bond acceptors (Lipinski definition) is 2. The topological polar surface area (TPSA) is 40.7 Å². The minimum Gasteiger partial charge on any atom is -0.352 e. The van der Waals surface area contributed by atoms with Gasteiger partial charge in [-0.15, -0.1) is 0 Å². The van der Waals surface area contributed by atoms with Crippen molar-refractivity contribution >= 4 is 44.5 Å². The van der Waals surface area contributed by atoms with Crippen LogP contribution in [0.4, 0.5) is 5.95 Å². The van der Waals surface area contributed by atoms with Crippen LogP contribution < -0.4 is 5.32 Å². The van der Waals surface area contributed by atoms with Gasteiger partial charge >= 0.3 is 0 Å². The van der Waals surface area contributed by atoms with E-state index in [1.54, 1.807) is 0 Å². The molecule has 0 aliphatic heterocycles. The molecule has 0 saturated heterocycles. The number of benzene rings is 2. The highest BCUT2D eigenvalue weighted by molar-refractivity contribution is 9.10. The number of H-pyrrole nitrogens is 1. The molecule has 0 aliphatic carbocycles. The molecule has 0 unspecified atom stereocenters. The predicted molar refractivity (Wildman–Crippen MR) is 82.6 cm³/mol. The Bertz CT molecular complexity index is 724. The molecule has 96 valence electrons. The fourth-order valence-electron chi connectivity index (χ4n) is 1.90. The summed E-state index contributed by atoms with van der Waals surface area (Å²) < 4.78 is 1.03. The molecule has 0 amide bonds. The van der Waals surface area contributed by atoms with Crippen LogP contribution in [0.15, 0.2) is 46.9 Å². The number of aromatic amines is 1. The third-order valence-corrected chi connectivity index (χ3v) is 3.52. The van der Waals surface area contributed by atoms with Crippen molar-refractivity contribution < 1.29 is 0 Å². The molecule has 0 radical (unpaired) electrons. The van der Waals surface area contributed by atoms with Crippen LogP contribution in [0.3, 0.4) is 0 Å². The van der Waals surface area contributed by atoms with Gasteiger partial charge in [-0.2, -0.15) is 0 Å². The SMILES string of the molecule is Clc1cccc(CNc2nc3ccc(Br)cc3[nH]2)c1. The highest BCUT2D eigenvalue weighted by Crippen LogP contribution is 2.20. The lowest BCUT2D eigenvalue weighted by Crippen LogP contribution is -2.00. The Morgan fingerprint density at radius 1 is 1.21 bits per heavy atom. The standard InChI is InChI=1S/C14H11BrClN3/c15-10-4-5-12-13(7-10)19-14(18-12)17-8-9-2-1-3-11(16)6-9/h1-7H,8H2,(H2,17,18,19). The maximum atomic E-state index is 5.95. The first-order valence-electron chi connectivity index (χ1n) is 5.84. The smallest absolute Gasteiger partial charge is 0.201 e. The minimum absolute atomic E-state index is 0.682. The monoisotopic (exact) mass is 335 g/mol. The van der Waals surface area contributed by atoms with E-state index in [1.165, 1.54) is 0 Å². The van der Waals surface area contributed by atoms with E-state index < -0.39 is 0 Å². The number of aromatic nitrogens is 2. The van der Waals surface area contributed by atoms with Crippen molar-refractivity contribution in [2.75, 3.05) is 5.32 Å². The van der Waals surface area contributed by atoms with Crippen LogP contribution in [0, 0.1) is 0 Å². The Hall–Kier alpha value is -1.52. The Labute approximate surface area is 124 Å². The summed E-state index contributed by atoms with van der Waals surface area (Å²) in [4.78, 5) is 7.71. The van der Waals surface area contributed by atoms with Crippen LogP contribution in [-0.4, -0.2) is 9.97 Å². The predicted octanol–water partition coefficient (Wildman–Crippen LogP) is 4.59. The third-order valence-electron chi connectivity index (χ3n) is 2.79. The normalized spacial score (nSPS) is 10.8. The van der Waals surface area contributed by atoms with Crippen LogP contribution in [0.25, 0.3) is 11.0 Å². The Morgan fingerprint density at radius 3 is 2.95 bits per heavy atom. The molecule has 2 aromatic carbocycles. The van der Waals surface area contributed by atoms with Crippen molar-refractivity contribution in [3.8, 4) is 0 Å². The molecule has 0 aliphatic rings. The fraction of sp³-hybridized carbons (Fsp3) is 0.0714.